The average Bonchev–Trinajstić information content (AvgIpc) is 2.68. The summed E-state index contributed by atoms with van der Waals surface area (Å²) in [7, 11) is 0. The minimum Gasteiger partial charge on any atom is -0.329 e. The van der Waals surface area contributed by atoms with Gasteiger partial charge in [0.1, 0.15) is 0 Å². The molecule has 0 fully saturated rings. The Kier molecular flexibility index (Phi) is 1.70. The first-order chi connectivity index (χ1) is 7.95. The topological polar surface area (TPSA) is 29.0 Å². The van der Waals surface area contributed by atoms with Gasteiger partial charge in [0.15, 0.2) is 0 Å². The van der Waals surface area contributed by atoms with Crippen molar-refractivity contribution in [2.24, 2.45) is 0 Å². The van der Waals surface area contributed by atoms with E-state index in [0.717, 1.165) is 19.8 Å². The molecule has 4 rings (SSSR count). The first-order valence-corrected chi connectivity index (χ1v) is 5.99. The van der Waals surface area contributed by atoms with E-state index >= 15 is 0 Å². The molecular weight excluding hydrogens is 198 g/mol. The Morgan fingerprint density at radius 3 is 3.19 bits per heavy atom. The summed E-state index contributed by atoms with van der Waals surface area (Å²) in [5, 5.41) is 8.53. The molecule has 2 aliphatic heterocycles. The molecule has 0 saturated heterocycles. The van der Waals surface area contributed by atoms with Crippen LogP contribution in [0.5, 0.6) is 0 Å². The summed E-state index contributed by atoms with van der Waals surface area (Å²) in [4.78, 5) is 0. The smallest absolute Gasteiger partial charge is 0.0730 e. The van der Waals surface area contributed by atoms with E-state index in [2.05, 4.69) is 39.5 Å². The summed E-state index contributed by atoms with van der Waals surface area (Å²) in [5.74, 6) is 0. The zero-order chi connectivity index (χ0) is 10.5. The third kappa shape index (κ3) is 0.996. The van der Waals surface area contributed by atoms with Gasteiger partial charge in [-0.3, -0.25) is 5.32 Å². The van der Waals surface area contributed by atoms with Gasteiger partial charge in [-0.15, -0.1) is 0 Å². The van der Waals surface area contributed by atoms with E-state index in [1.165, 1.54) is 23.0 Å². The number of benzene rings is 1. The minimum absolute atomic E-state index is 0.505. The van der Waals surface area contributed by atoms with E-state index in [0.29, 0.717) is 6.04 Å². The second-order valence-corrected chi connectivity index (χ2v) is 4.68. The van der Waals surface area contributed by atoms with Gasteiger partial charge in [0.2, 0.25) is 0 Å². The Morgan fingerprint density at radius 2 is 2.19 bits per heavy atom. The first kappa shape index (κ1) is 8.79. The average molecular weight is 213 g/mol. The third-order valence-electron chi connectivity index (χ3n) is 3.83. The Labute approximate surface area is 94.4 Å². The van der Waals surface area contributed by atoms with Crippen molar-refractivity contribution >= 4 is 10.9 Å². The first-order valence-electron chi connectivity index (χ1n) is 5.99. The molecule has 1 aromatic carbocycles. The summed E-state index contributed by atoms with van der Waals surface area (Å²) in [6.45, 7) is 3.12. The van der Waals surface area contributed by atoms with Gasteiger partial charge >= 0.3 is 0 Å². The van der Waals surface area contributed by atoms with Crippen LogP contribution in [0.3, 0.4) is 0 Å². The molecule has 0 amide bonds. The Balaban J connectivity index is 2.13. The van der Waals surface area contributed by atoms with Crippen molar-refractivity contribution in [2.45, 2.75) is 19.1 Å². The monoisotopic (exact) mass is 213 g/mol. The van der Waals surface area contributed by atoms with Gasteiger partial charge in [-0.05, 0) is 24.6 Å². The van der Waals surface area contributed by atoms with E-state index in [1.807, 2.05) is 0 Å². The van der Waals surface area contributed by atoms with Crippen molar-refractivity contribution in [3.8, 4) is 0 Å². The summed E-state index contributed by atoms with van der Waals surface area (Å²) in [5.41, 5.74) is 4.47. The van der Waals surface area contributed by atoms with Crippen molar-refractivity contribution in [1.82, 2.24) is 15.2 Å². The van der Waals surface area contributed by atoms with Crippen LogP contribution < -0.4 is 10.6 Å². The van der Waals surface area contributed by atoms with E-state index in [9.17, 15) is 0 Å². The quantitative estimate of drug-likeness (QED) is 0.692. The fraction of sp³-hybridized carbons (Fsp3) is 0.385. The fourth-order valence-corrected chi connectivity index (χ4v) is 3.18. The standard InChI is InChI=1S/C13H15N3/c1-2-4-12-9(3-1)10-5-6-15-11-7-14-8-16(12)13(10)11/h1-4,11,14-15H,5-8H2. The van der Waals surface area contributed by atoms with Crippen LogP contribution in [-0.2, 0) is 13.1 Å². The molecule has 16 heavy (non-hydrogen) atoms. The van der Waals surface area contributed by atoms with E-state index in [1.54, 1.807) is 5.56 Å². The second-order valence-electron chi connectivity index (χ2n) is 4.68. The Morgan fingerprint density at radius 1 is 1.25 bits per heavy atom. The molecule has 0 aliphatic carbocycles. The molecule has 0 saturated carbocycles. The molecule has 3 heteroatoms. The van der Waals surface area contributed by atoms with Crippen LogP contribution in [-0.4, -0.2) is 17.7 Å². The normalized spacial score (nSPS) is 23.4. The lowest BCUT2D eigenvalue weighted by Gasteiger charge is -2.31. The van der Waals surface area contributed by atoms with Gasteiger partial charge in [-0.1, -0.05) is 18.2 Å². The lowest BCUT2D eigenvalue weighted by molar-refractivity contribution is 0.376. The van der Waals surface area contributed by atoms with Gasteiger partial charge in [-0.25, -0.2) is 0 Å². The van der Waals surface area contributed by atoms with Crippen molar-refractivity contribution < 1.29 is 0 Å². The van der Waals surface area contributed by atoms with Gasteiger partial charge in [-0.2, -0.15) is 0 Å². The van der Waals surface area contributed by atoms with Crippen molar-refractivity contribution in [3.63, 3.8) is 0 Å². The van der Waals surface area contributed by atoms with Crippen LogP contribution in [0.25, 0.3) is 10.9 Å². The predicted octanol–water partition coefficient (Wildman–Crippen LogP) is 1.39. The molecule has 0 radical (unpaired) electrons. The number of aromatic nitrogens is 1. The summed E-state index contributed by atoms with van der Waals surface area (Å²) < 4.78 is 2.44. The molecule has 0 spiro atoms. The summed E-state index contributed by atoms with van der Waals surface area (Å²) in [6, 6.07) is 9.28. The maximum atomic E-state index is 3.59. The fourth-order valence-electron chi connectivity index (χ4n) is 3.18. The number of fused-ring (bicyclic) bond motifs is 3. The van der Waals surface area contributed by atoms with E-state index in [4.69, 9.17) is 0 Å². The zero-order valence-corrected chi connectivity index (χ0v) is 9.16. The van der Waals surface area contributed by atoms with Gasteiger partial charge < -0.3 is 9.88 Å². The van der Waals surface area contributed by atoms with Crippen LogP contribution in [0.1, 0.15) is 17.3 Å². The van der Waals surface area contributed by atoms with Gasteiger partial charge in [0.25, 0.3) is 0 Å². The molecule has 1 atom stereocenters. The zero-order valence-electron chi connectivity index (χ0n) is 9.16. The van der Waals surface area contributed by atoms with Crippen LogP contribution in [0.2, 0.25) is 0 Å². The highest BCUT2D eigenvalue weighted by Gasteiger charge is 2.29. The molecule has 82 valence electrons. The molecule has 3 heterocycles. The number of nitrogens with one attached hydrogen (secondary N) is 2. The molecule has 2 aromatic rings. The minimum atomic E-state index is 0.505. The molecule has 3 nitrogen and oxygen atoms in total. The summed E-state index contributed by atoms with van der Waals surface area (Å²) in [6.07, 6.45) is 1.17. The molecular formula is C13H15N3. The highest BCUT2D eigenvalue weighted by Crippen LogP contribution is 2.34. The highest BCUT2D eigenvalue weighted by molar-refractivity contribution is 5.86. The molecule has 1 unspecified atom stereocenters. The Hall–Kier alpha value is -1.32. The molecule has 1 aromatic heterocycles. The number of nitrogens with zero attached hydrogens (tertiary/aromatic N) is 1. The van der Waals surface area contributed by atoms with Gasteiger partial charge in [0.05, 0.1) is 12.7 Å². The maximum absolute atomic E-state index is 3.59. The molecule has 2 N–H and O–H groups in total. The number of hydrogen-bond donors (Lipinski definition) is 2. The lowest BCUT2D eigenvalue weighted by Crippen LogP contribution is -2.42. The predicted molar refractivity (Wildman–Crippen MR) is 64.4 cm³/mol. The van der Waals surface area contributed by atoms with Crippen LogP contribution in [0.4, 0.5) is 0 Å². The van der Waals surface area contributed by atoms with Crippen molar-refractivity contribution in [3.05, 3.63) is 35.5 Å². The maximum Gasteiger partial charge on any atom is 0.0730 e. The van der Waals surface area contributed by atoms with Crippen LogP contribution in [0.15, 0.2) is 24.3 Å². The highest BCUT2D eigenvalue weighted by atomic mass is 15.2. The van der Waals surface area contributed by atoms with Crippen LogP contribution >= 0.6 is 0 Å². The largest absolute Gasteiger partial charge is 0.329 e. The van der Waals surface area contributed by atoms with Crippen LogP contribution in [0, 0.1) is 0 Å². The Bertz CT molecular complexity index is 509. The van der Waals surface area contributed by atoms with Crippen molar-refractivity contribution in [2.75, 3.05) is 13.1 Å². The van der Waals surface area contributed by atoms with Gasteiger partial charge in [0, 0.05) is 23.1 Å². The molecule has 2 aliphatic rings. The second kappa shape index (κ2) is 3.09. The van der Waals surface area contributed by atoms with E-state index in [-0.39, 0.29) is 0 Å². The van der Waals surface area contributed by atoms with E-state index < -0.39 is 0 Å². The third-order valence-corrected chi connectivity index (χ3v) is 3.83. The number of rotatable bonds is 0. The van der Waals surface area contributed by atoms with Crippen molar-refractivity contribution in [1.29, 1.82) is 0 Å². The number of hydrogen-bond acceptors (Lipinski definition) is 2. The summed E-state index contributed by atoms with van der Waals surface area (Å²) >= 11 is 0. The number of para-hydroxylation sites is 1. The SMILES string of the molecule is c1ccc2c(c1)c1c3n2CNCC3NCC1. The molecule has 0 bridgehead atoms. The lowest BCUT2D eigenvalue weighted by atomic mass is 9.99.